The standard InChI is InChI=1S/C15H9ClIN3OS/c16-12-7-2-1-6-11(12)14-19-20-15(22-14)18-13(21)9-4-3-5-10(17)8-9/h1-8H,(H,18,20,21). The van der Waals surface area contributed by atoms with Crippen LogP contribution in [0.15, 0.2) is 48.5 Å². The lowest BCUT2D eigenvalue weighted by atomic mass is 10.2. The summed E-state index contributed by atoms with van der Waals surface area (Å²) in [7, 11) is 0. The number of carbonyl (C=O) groups is 1. The number of hydrogen-bond acceptors (Lipinski definition) is 4. The van der Waals surface area contributed by atoms with Crippen LogP contribution in [-0.2, 0) is 0 Å². The molecule has 0 aliphatic rings. The third-order valence-corrected chi connectivity index (χ3v) is 4.71. The van der Waals surface area contributed by atoms with Gasteiger partial charge in [-0.05, 0) is 46.9 Å². The van der Waals surface area contributed by atoms with E-state index >= 15 is 0 Å². The molecule has 0 saturated carbocycles. The predicted molar refractivity (Wildman–Crippen MR) is 97.5 cm³/mol. The van der Waals surface area contributed by atoms with E-state index < -0.39 is 0 Å². The fourth-order valence-electron chi connectivity index (χ4n) is 1.82. The fraction of sp³-hybridized carbons (Fsp3) is 0. The highest BCUT2D eigenvalue weighted by Gasteiger charge is 2.13. The molecule has 0 radical (unpaired) electrons. The molecule has 2 aromatic carbocycles. The number of nitrogens with zero attached hydrogens (tertiary/aromatic N) is 2. The first-order valence-corrected chi connectivity index (χ1v) is 8.56. The minimum atomic E-state index is -0.208. The van der Waals surface area contributed by atoms with E-state index in [0.717, 1.165) is 9.13 Å². The van der Waals surface area contributed by atoms with Crippen LogP contribution < -0.4 is 5.32 Å². The maximum absolute atomic E-state index is 12.2. The van der Waals surface area contributed by atoms with Crippen LogP contribution in [0.3, 0.4) is 0 Å². The van der Waals surface area contributed by atoms with Crippen LogP contribution in [0.5, 0.6) is 0 Å². The van der Waals surface area contributed by atoms with Crippen molar-refractivity contribution in [3.63, 3.8) is 0 Å². The van der Waals surface area contributed by atoms with Gasteiger partial charge in [-0.1, -0.05) is 47.2 Å². The Hall–Kier alpha value is -1.51. The van der Waals surface area contributed by atoms with E-state index in [1.165, 1.54) is 11.3 Å². The third kappa shape index (κ3) is 3.45. The summed E-state index contributed by atoms with van der Waals surface area (Å²) in [6, 6.07) is 14.7. The molecule has 0 spiro atoms. The van der Waals surface area contributed by atoms with Crippen molar-refractivity contribution in [3.8, 4) is 10.6 Å². The van der Waals surface area contributed by atoms with Crippen LogP contribution in [0.4, 0.5) is 5.13 Å². The molecule has 1 N–H and O–H groups in total. The summed E-state index contributed by atoms with van der Waals surface area (Å²) in [4.78, 5) is 12.2. The van der Waals surface area contributed by atoms with Crippen molar-refractivity contribution in [2.24, 2.45) is 0 Å². The van der Waals surface area contributed by atoms with Gasteiger partial charge in [-0.15, -0.1) is 10.2 Å². The molecule has 1 heterocycles. The van der Waals surface area contributed by atoms with Crippen LogP contribution in [0.1, 0.15) is 10.4 Å². The molecular formula is C15H9ClIN3OS. The number of anilines is 1. The molecule has 110 valence electrons. The minimum absolute atomic E-state index is 0.208. The van der Waals surface area contributed by atoms with Gasteiger partial charge >= 0.3 is 0 Å². The molecule has 0 atom stereocenters. The molecule has 1 amide bonds. The maximum atomic E-state index is 12.2. The van der Waals surface area contributed by atoms with Crippen LogP contribution >= 0.6 is 45.5 Å². The highest BCUT2D eigenvalue weighted by atomic mass is 127. The fourth-order valence-corrected chi connectivity index (χ4v) is 3.42. The smallest absolute Gasteiger partial charge is 0.257 e. The van der Waals surface area contributed by atoms with E-state index in [2.05, 4.69) is 38.1 Å². The van der Waals surface area contributed by atoms with Gasteiger partial charge in [-0.2, -0.15) is 0 Å². The molecule has 4 nitrogen and oxygen atoms in total. The summed E-state index contributed by atoms with van der Waals surface area (Å²) in [6.45, 7) is 0. The van der Waals surface area contributed by atoms with E-state index in [4.69, 9.17) is 11.6 Å². The van der Waals surface area contributed by atoms with E-state index in [-0.39, 0.29) is 5.91 Å². The number of halogens is 2. The van der Waals surface area contributed by atoms with E-state index in [1.54, 1.807) is 12.1 Å². The molecule has 0 unspecified atom stereocenters. The molecule has 22 heavy (non-hydrogen) atoms. The monoisotopic (exact) mass is 441 g/mol. The Kier molecular flexibility index (Phi) is 4.70. The molecule has 0 aliphatic heterocycles. The Morgan fingerprint density at radius 1 is 1.14 bits per heavy atom. The number of amides is 1. The quantitative estimate of drug-likeness (QED) is 0.599. The molecule has 1 aromatic heterocycles. The first kappa shape index (κ1) is 15.4. The van der Waals surface area contributed by atoms with Crippen molar-refractivity contribution in [3.05, 3.63) is 62.7 Å². The summed E-state index contributed by atoms with van der Waals surface area (Å²) >= 11 is 9.59. The number of hydrogen-bond donors (Lipinski definition) is 1. The highest BCUT2D eigenvalue weighted by molar-refractivity contribution is 14.1. The van der Waals surface area contributed by atoms with E-state index in [0.29, 0.717) is 20.7 Å². The summed E-state index contributed by atoms with van der Waals surface area (Å²) in [5.41, 5.74) is 1.39. The van der Waals surface area contributed by atoms with Gasteiger partial charge in [0.05, 0.1) is 5.02 Å². The Bertz CT molecular complexity index is 837. The molecule has 0 saturated heterocycles. The summed E-state index contributed by atoms with van der Waals surface area (Å²) in [5, 5.41) is 12.6. The summed E-state index contributed by atoms with van der Waals surface area (Å²) in [5.74, 6) is -0.208. The second kappa shape index (κ2) is 6.72. The van der Waals surface area contributed by atoms with Gasteiger partial charge in [0.15, 0.2) is 5.01 Å². The average molecular weight is 442 g/mol. The lowest BCUT2D eigenvalue weighted by Crippen LogP contribution is -2.11. The number of nitrogens with one attached hydrogen (secondary N) is 1. The normalized spacial score (nSPS) is 10.5. The van der Waals surface area contributed by atoms with Crippen molar-refractivity contribution in [2.75, 3.05) is 5.32 Å². The summed E-state index contributed by atoms with van der Waals surface area (Å²) in [6.07, 6.45) is 0. The zero-order valence-electron chi connectivity index (χ0n) is 11.1. The van der Waals surface area contributed by atoms with Crippen LogP contribution in [0.2, 0.25) is 5.02 Å². The zero-order chi connectivity index (χ0) is 15.5. The third-order valence-electron chi connectivity index (χ3n) is 2.84. The highest BCUT2D eigenvalue weighted by Crippen LogP contribution is 2.31. The van der Waals surface area contributed by atoms with Crippen molar-refractivity contribution < 1.29 is 4.79 Å². The number of rotatable bonds is 3. The number of aromatic nitrogens is 2. The second-order valence-electron chi connectivity index (χ2n) is 4.36. The molecule has 3 aromatic rings. The lowest BCUT2D eigenvalue weighted by molar-refractivity contribution is 0.102. The van der Waals surface area contributed by atoms with Crippen molar-refractivity contribution >= 4 is 56.6 Å². The topological polar surface area (TPSA) is 54.9 Å². The number of benzene rings is 2. The van der Waals surface area contributed by atoms with Gasteiger partial charge < -0.3 is 0 Å². The minimum Gasteiger partial charge on any atom is -0.296 e. The zero-order valence-corrected chi connectivity index (χ0v) is 14.8. The molecule has 0 aliphatic carbocycles. The largest absolute Gasteiger partial charge is 0.296 e. The van der Waals surface area contributed by atoms with Gasteiger partial charge in [-0.25, -0.2) is 0 Å². The van der Waals surface area contributed by atoms with E-state index in [1.807, 2.05) is 36.4 Å². The van der Waals surface area contributed by atoms with Gasteiger partial charge in [0.25, 0.3) is 5.91 Å². The van der Waals surface area contributed by atoms with Gasteiger partial charge in [0, 0.05) is 14.7 Å². The van der Waals surface area contributed by atoms with Crippen LogP contribution in [0.25, 0.3) is 10.6 Å². The van der Waals surface area contributed by atoms with Crippen molar-refractivity contribution in [1.29, 1.82) is 0 Å². The van der Waals surface area contributed by atoms with E-state index in [9.17, 15) is 4.79 Å². The lowest BCUT2D eigenvalue weighted by Gasteiger charge is -2.01. The van der Waals surface area contributed by atoms with Gasteiger partial charge in [-0.3, -0.25) is 10.1 Å². The van der Waals surface area contributed by atoms with Crippen LogP contribution in [-0.4, -0.2) is 16.1 Å². The first-order valence-electron chi connectivity index (χ1n) is 6.29. The van der Waals surface area contributed by atoms with Gasteiger partial charge in [0.2, 0.25) is 5.13 Å². The Morgan fingerprint density at radius 3 is 2.73 bits per heavy atom. The second-order valence-corrected chi connectivity index (χ2v) is 6.99. The summed E-state index contributed by atoms with van der Waals surface area (Å²) < 4.78 is 0.999. The Balaban J connectivity index is 1.80. The number of carbonyl (C=O) groups excluding carboxylic acids is 1. The Labute approximate surface area is 149 Å². The maximum Gasteiger partial charge on any atom is 0.257 e. The van der Waals surface area contributed by atoms with Crippen molar-refractivity contribution in [2.45, 2.75) is 0 Å². The van der Waals surface area contributed by atoms with Gasteiger partial charge in [0.1, 0.15) is 0 Å². The SMILES string of the molecule is O=C(Nc1nnc(-c2ccccc2Cl)s1)c1cccc(I)c1. The Morgan fingerprint density at radius 2 is 1.95 bits per heavy atom. The van der Waals surface area contributed by atoms with Crippen LogP contribution in [0, 0.1) is 3.57 Å². The molecular weight excluding hydrogens is 433 g/mol. The first-order chi connectivity index (χ1) is 10.6. The predicted octanol–water partition coefficient (Wildman–Crippen LogP) is 4.72. The molecule has 3 rings (SSSR count). The average Bonchev–Trinajstić information content (AvgIpc) is 2.96. The molecule has 7 heteroatoms. The molecule has 0 fully saturated rings. The molecule has 0 bridgehead atoms. The van der Waals surface area contributed by atoms with Crippen molar-refractivity contribution in [1.82, 2.24) is 10.2 Å².